The zero-order valence-corrected chi connectivity index (χ0v) is 11.9. The molecule has 2 aliphatic rings. The lowest BCUT2D eigenvalue weighted by Crippen LogP contribution is -2.45. The van der Waals surface area contributed by atoms with E-state index in [1.807, 2.05) is 18.1 Å². The molecule has 1 aromatic heterocycles. The van der Waals surface area contributed by atoms with Gasteiger partial charge in [0.1, 0.15) is 0 Å². The molecule has 3 rings (SSSR count). The summed E-state index contributed by atoms with van der Waals surface area (Å²) in [5, 5.41) is 10.8. The lowest BCUT2D eigenvalue weighted by atomic mass is 9.66. The maximum atomic E-state index is 12.1. The van der Waals surface area contributed by atoms with Crippen molar-refractivity contribution in [3.05, 3.63) is 11.9 Å². The Bertz CT molecular complexity index is 495. The monoisotopic (exact) mass is 278 g/mol. The minimum absolute atomic E-state index is 0.00637. The lowest BCUT2D eigenvalue weighted by molar-refractivity contribution is 0.125. The molecule has 0 radical (unpaired) electrons. The molecule has 1 spiro atoms. The minimum Gasteiger partial charge on any atom is -0.338 e. The highest BCUT2D eigenvalue weighted by Gasteiger charge is 2.49. The summed E-state index contributed by atoms with van der Waals surface area (Å²) in [6.45, 7) is 2.07. The normalized spacial score (nSPS) is 23.9. The van der Waals surface area contributed by atoms with E-state index in [1.54, 1.807) is 4.68 Å². The average Bonchev–Trinajstić information content (AvgIpc) is 2.92. The van der Waals surface area contributed by atoms with Gasteiger partial charge >= 0.3 is 6.03 Å². The van der Waals surface area contributed by atoms with Crippen LogP contribution in [0.15, 0.2) is 6.20 Å². The van der Waals surface area contributed by atoms with Crippen LogP contribution in [0.4, 0.5) is 4.79 Å². The highest BCUT2D eigenvalue weighted by atomic mass is 16.2. The van der Waals surface area contributed by atoms with Gasteiger partial charge in [-0.15, -0.1) is 5.10 Å². The van der Waals surface area contributed by atoms with Gasteiger partial charge in [-0.05, 0) is 12.8 Å². The second-order valence-corrected chi connectivity index (χ2v) is 6.07. The molecule has 110 valence electrons. The van der Waals surface area contributed by atoms with E-state index in [-0.39, 0.29) is 17.5 Å². The van der Waals surface area contributed by atoms with Crippen molar-refractivity contribution in [2.75, 3.05) is 19.6 Å². The number of urea groups is 1. The van der Waals surface area contributed by atoms with E-state index in [4.69, 9.17) is 5.73 Å². The molecule has 2 amide bonds. The van der Waals surface area contributed by atoms with E-state index >= 15 is 0 Å². The molecular weight excluding hydrogens is 256 g/mol. The first-order valence-corrected chi connectivity index (χ1v) is 7.23. The Kier molecular flexibility index (Phi) is 3.37. The SMILES string of the molecule is Cn1cc(CCNC(=O)N2CC(N)C3(CCC3)C2)nn1. The Morgan fingerprint density at radius 2 is 2.40 bits per heavy atom. The number of nitrogens with one attached hydrogen (secondary N) is 1. The molecule has 1 aliphatic heterocycles. The molecule has 3 N–H and O–H groups in total. The number of carbonyl (C=O) groups excluding carboxylic acids is 1. The van der Waals surface area contributed by atoms with Crippen molar-refractivity contribution in [2.24, 2.45) is 18.2 Å². The molecule has 0 aromatic carbocycles. The van der Waals surface area contributed by atoms with Gasteiger partial charge in [-0.1, -0.05) is 11.6 Å². The number of hydrogen-bond acceptors (Lipinski definition) is 4. The van der Waals surface area contributed by atoms with Crippen molar-refractivity contribution in [3.8, 4) is 0 Å². The first kappa shape index (κ1) is 13.4. The number of hydrogen-bond donors (Lipinski definition) is 2. The van der Waals surface area contributed by atoms with Crippen LogP contribution in [-0.4, -0.2) is 51.6 Å². The van der Waals surface area contributed by atoms with Crippen LogP contribution >= 0.6 is 0 Å². The third-order valence-electron chi connectivity index (χ3n) is 4.65. The zero-order valence-electron chi connectivity index (χ0n) is 11.9. The quantitative estimate of drug-likeness (QED) is 0.806. The minimum atomic E-state index is -0.00637. The van der Waals surface area contributed by atoms with Gasteiger partial charge in [0.2, 0.25) is 0 Å². The summed E-state index contributed by atoms with van der Waals surface area (Å²) in [4.78, 5) is 14.0. The Balaban J connectivity index is 1.45. The number of nitrogens with zero attached hydrogens (tertiary/aromatic N) is 4. The van der Waals surface area contributed by atoms with E-state index in [0.717, 1.165) is 25.1 Å². The lowest BCUT2D eigenvalue weighted by Gasteiger charge is -2.41. The molecule has 7 heteroatoms. The fraction of sp³-hybridized carbons (Fsp3) is 0.769. The number of aryl methyl sites for hydroxylation is 1. The van der Waals surface area contributed by atoms with Crippen molar-refractivity contribution in [3.63, 3.8) is 0 Å². The average molecular weight is 278 g/mol. The van der Waals surface area contributed by atoms with Crippen LogP contribution in [0, 0.1) is 5.41 Å². The van der Waals surface area contributed by atoms with Crippen LogP contribution < -0.4 is 11.1 Å². The van der Waals surface area contributed by atoms with E-state index < -0.39 is 0 Å². The molecule has 1 aliphatic carbocycles. The number of likely N-dealkylation sites (tertiary alicyclic amines) is 1. The van der Waals surface area contributed by atoms with Gasteiger partial charge in [-0.25, -0.2) is 4.79 Å². The molecule has 20 heavy (non-hydrogen) atoms. The maximum Gasteiger partial charge on any atom is 0.317 e. The maximum absolute atomic E-state index is 12.1. The number of aromatic nitrogens is 3. The van der Waals surface area contributed by atoms with Crippen LogP contribution in [0.1, 0.15) is 25.0 Å². The standard InChI is InChI=1S/C13H22N6O/c1-18-7-10(16-17-18)3-6-15-12(20)19-8-11(14)13(9-19)4-2-5-13/h7,11H,2-6,8-9,14H2,1H3,(H,15,20). The first-order valence-electron chi connectivity index (χ1n) is 7.23. The summed E-state index contributed by atoms with van der Waals surface area (Å²) < 4.78 is 1.66. The van der Waals surface area contributed by atoms with Gasteiger partial charge < -0.3 is 16.0 Å². The highest BCUT2D eigenvalue weighted by molar-refractivity contribution is 5.74. The molecule has 0 bridgehead atoms. The predicted octanol–water partition coefficient (Wildman–Crippen LogP) is -0.120. The number of rotatable bonds is 3. The molecule has 1 saturated carbocycles. The van der Waals surface area contributed by atoms with Crippen molar-refractivity contribution < 1.29 is 4.79 Å². The molecule has 1 aromatic rings. The van der Waals surface area contributed by atoms with E-state index in [1.165, 1.54) is 6.42 Å². The first-order chi connectivity index (χ1) is 9.59. The smallest absolute Gasteiger partial charge is 0.317 e. The van der Waals surface area contributed by atoms with E-state index in [9.17, 15) is 4.79 Å². The molecule has 1 atom stereocenters. The molecule has 7 nitrogen and oxygen atoms in total. The van der Waals surface area contributed by atoms with Gasteiger partial charge in [0.05, 0.1) is 5.69 Å². The largest absolute Gasteiger partial charge is 0.338 e. The summed E-state index contributed by atoms with van der Waals surface area (Å²) in [6, 6.07) is 0.134. The van der Waals surface area contributed by atoms with Crippen LogP contribution in [0.5, 0.6) is 0 Å². The summed E-state index contributed by atoms with van der Waals surface area (Å²) in [7, 11) is 1.83. The Labute approximate surface area is 118 Å². The van der Waals surface area contributed by atoms with Crippen molar-refractivity contribution in [1.29, 1.82) is 0 Å². The van der Waals surface area contributed by atoms with Crippen molar-refractivity contribution >= 4 is 6.03 Å². The summed E-state index contributed by atoms with van der Waals surface area (Å²) in [5.41, 5.74) is 7.28. The van der Waals surface area contributed by atoms with Crippen molar-refractivity contribution in [1.82, 2.24) is 25.2 Å². The molecule has 2 heterocycles. The summed E-state index contributed by atoms with van der Waals surface area (Å²) >= 11 is 0. The summed E-state index contributed by atoms with van der Waals surface area (Å²) in [6.07, 6.45) is 6.14. The predicted molar refractivity (Wildman–Crippen MR) is 73.9 cm³/mol. The third kappa shape index (κ3) is 2.37. The Hall–Kier alpha value is -1.63. The molecule has 2 fully saturated rings. The molecular formula is C13H22N6O. The number of amides is 2. The zero-order chi connectivity index (χ0) is 14.2. The number of carbonyl (C=O) groups is 1. The van der Waals surface area contributed by atoms with Crippen LogP contribution in [0.2, 0.25) is 0 Å². The van der Waals surface area contributed by atoms with Gasteiger partial charge in [0.25, 0.3) is 0 Å². The molecule has 1 saturated heterocycles. The van der Waals surface area contributed by atoms with Gasteiger partial charge in [0.15, 0.2) is 0 Å². The van der Waals surface area contributed by atoms with E-state index in [0.29, 0.717) is 19.5 Å². The number of nitrogens with two attached hydrogens (primary N) is 1. The van der Waals surface area contributed by atoms with Crippen LogP contribution in [-0.2, 0) is 13.5 Å². The second kappa shape index (κ2) is 5.05. The fourth-order valence-electron chi connectivity index (χ4n) is 3.23. The molecule has 1 unspecified atom stereocenters. The fourth-order valence-corrected chi connectivity index (χ4v) is 3.23. The third-order valence-corrected chi connectivity index (χ3v) is 4.65. The Morgan fingerprint density at radius 1 is 1.60 bits per heavy atom. The van der Waals surface area contributed by atoms with Crippen LogP contribution in [0.3, 0.4) is 0 Å². The second-order valence-electron chi connectivity index (χ2n) is 6.07. The van der Waals surface area contributed by atoms with E-state index in [2.05, 4.69) is 15.6 Å². The van der Waals surface area contributed by atoms with Crippen molar-refractivity contribution in [2.45, 2.75) is 31.7 Å². The summed E-state index contributed by atoms with van der Waals surface area (Å²) in [5.74, 6) is 0. The van der Waals surface area contributed by atoms with Gasteiger partial charge in [0, 0.05) is 50.8 Å². The Morgan fingerprint density at radius 3 is 2.95 bits per heavy atom. The van der Waals surface area contributed by atoms with Gasteiger partial charge in [-0.3, -0.25) is 4.68 Å². The van der Waals surface area contributed by atoms with Crippen LogP contribution in [0.25, 0.3) is 0 Å². The highest BCUT2D eigenvalue weighted by Crippen LogP contribution is 2.47. The van der Waals surface area contributed by atoms with Gasteiger partial charge in [-0.2, -0.15) is 0 Å². The topological polar surface area (TPSA) is 89.1 Å².